The van der Waals surface area contributed by atoms with E-state index in [4.69, 9.17) is 0 Å². The lowest BCUT2D eigenvalue weighted by Gasteiger charge is -2.12. The van der Waals surface area contributed by atoms with Crippen molar-refractivity contribution in [2.24, 2.45) is 0 Å². The van der Waals surface area contributed by atoms with E-state index in [1.54, 1.807) is 10.8 Å². The van der Waals surface area contributed by atoms with E-state index in [1.807, 2.05) is 39.1 Å². The van der Waals surface area contributed by atoms with Crippen LogP contribution in [0.15, 0.2) is 35.6 Å². The predicted octanol–water partition coefficient (Wildman–Crippen LogP) is 2.19. The molecule has 0 N–H and O–H groups in total. The largest absolute Gasteiger partial charge is 0.312 e. The molecule has 4 nitrogen and oxygen atoms in total. The summed E-state index contributed by atoms with van der Waals surface area (Å²) in [6, 6.07) is 3.84. The maximum Gasteiger partial charge on any atom is 0.253 e. The fraction of sp³-hybridized carbons (Fsp3) is 0.308. The predicted molar refractivity (Wildman–Crippen MR) is 66.9 cm³/mol. The normalized spacial score (nSPS) is 10.8. The second-order valence-electron chi connectivity index (χ2n) is 4.31. The van der Waals surface area contributed by atoms with Crippen LogP contribution in [-0.2, 0) is 0 Å². The third-order valence-corrected chi connectivity index (χ3v) is 2.66. The first-order chi connectivity index (χ1) is 8.09. The van der Waals surface area contributed by atoms with Crippen LogP contribution >= 0.6 is 0 Å². The van der Waals surface area contributed by atoms with Crippen molar-refractivity contribution in [1.82, 2.24) is 14.5 Å². The number of rotatable bonds is 2. The molecule has 2 rings (SSSR count). The van der Waals surface area contributed by atoms with E-state index >= 15 is 0 Å². The first-order valence-corrected chi connectivity index (χ1v) is 5.59. The molecule has 2 aromatic rings. The van der Waals surface area contributed by atoms with Gasteiger partial charge in [0.05, 0.1) is 5.69 Å². The summed E-state index contributed by atoms with van der Waals surface area (Å²) in [6.45, 7) is 5.81. The summed E-state index contributed by atoms with van der Waals surface area (Å²) < 4.78 is 1.73. The Labute approximate surface area is 100.0 Å². The summed E-state index contributed by atoms with van der Waals surface area (Å²) in [5.41, 5.74) is 2.56. The quantitative estimate of drug-likeness (QED) is 0.793. The van der Waals surface area contributed by atoms with E-state index in [2.05, 4.69) is 9.97 Å². The van der Waals surface area contributed by atoms with Crippen molar-refractivity contribution in [3.63, 3.8) is 0 Å². The third kappa shape index (κ3) is 2.25. The van der Waals surface area contributed by atoms with Gasteiger partial charge >= 0.3 is 0 Å². The zero-order chi connectivity index (χ0) is 12.4. The van der Waals surface area contributed by atoms with Crippen LogP contribution < -0.4 is 5.56 Å². The van der Waals surface area contributed by atoms with Crippen LogP contribution in [0.25, 0.3) is 11.3 Å². The first kappa shape index (κ1) is 11.5. The molecule has 0 radical (unpaired) electrons. The Bertz CT molecular complexity index is 573. The Hall–Kier alpha value is -1.97. The van der Waals surface area contributed by atoms with Crippen molar-refractivity contribution in [2.75, 3.05) is 0 Å². The summed E-state index contributed by atoms with van der Waals surface area (Å²) in [6.07, 6.45) is 5.06. The Morgan fingerprint density at radius 1 is 1.35 bits per heavy atom. The molecule has 0 aliphatic heterocycles. The van der Waals surface area contributed by atoms with Crippen LogP contribution in [0.3, 0.4) is 0 Å². The average Bonchev–Trinajstić information content (AvgIpc) is 2.33. The van der Waals surface area contributed by atoms with Gasteiger partial charge in [-0.15, -0.1) is 0 Å². The summed E-state index contributed by atoms with van der Waals surface area (Å²) in [5.74, 6) is 0. The maximum absolute atomic E-state index is 11.9. The smallest absolute Gasteiger partial charge is 0.253 e. The van der Waals surface area contributed by atoms with Crippen molar-refractivity contribution < 1.29 is 0 Å². The Morgan fingerprint density at radius 3 is 2.71 bits per heavy atom. The van der Waals surface area contributed by atoms with Crippen LogP contribution in [0.1, 0.15) is 25.5 Å². The molecule has 0 amide bonds. The van der Waals surface area contributed by atoms with Gasteiger partial charge in [0.25, 0.3) is 5.56 Å². The number of hydrogen-bond acceptors (Lipinski definition) is 3. The molecular weight excluding hydrogens is 214 g/mol. The molecule has 0 saturated heterocycles. The van der Waals surface area contributed by atoms with Crippen LogP contribution in [0, 0.1) is 6.92 Å². The lowest BCUT2D eigenvalue weighted by atomic mass is 10.1. The second kappa shape index (κ2) is 4.49. The van der Waals surface area contributed by atoms with Gasteiger partial charge in [-0.3, -0.25) is 4.79 Å². The van der Waals surface area contributed by atoms with Crippen molar-refractivity contribution in [3.05, 3.63) is 46.8 Å². The molecule has 0 atom stereocenters. The molecule has 0 aromatic carbocycles. The van der Waals surface area contributed by atoms with Crippen LogP contribution in [0.2, 0.25) is 0 Å². The van der Waals surface area contributed by atoms with E-state index in [9.17, 15) is 4.79 Å². The molecule has 0 fully saturated rings. The number of aryl methyl sites for hydroxylation is 1. The van der Waals surface area contributed by atoms with E-state index in [1.165, 1.54) is 6.33 Å². The minimum Gasteiger partial charge on any atom is -0.312 e. The van der Waals surface area contributed by atoms with Gasteiger partial charge in [-0.05, 0) is 32.9 Å². The maximum atomic E-state index is 11.9. The summed E-state index contributed by atoms with van der Waals surface area (Å²) >= 11 is 0. The summed E-state index contributed by atoms with van der Waals surface area (Å²) in [5, 5.41) is 0. The van der Waals surface area contributed by atoms with Crippen molar-refractivity contribution >= 4 is 0 Å². The van der Waals surface area contributed by atoms with Gasteiger partial charge in [0, 0.05) is 29.6 Å². The van der Waals surface area contributed by atoms with Gasteiger partial charge in [-0.25, -0.2) is 9.97 Å². The highest BCUT2D eigenvalue weighted by molar-refractivity contribution is 5.57. The standard InChI is InChI=1S/C13H15N3O/c1-9(2)16-7-11(6-10(3)13(16)17)12-4-5-14-8-15-12/h4-9H,1-3H3. The van der Waals surface area contributed by atoms with Crippen LogP contribution in [-0.4, -0.2) is 14.5 Å². The monoisotopic (exact) mass is 229 g/mol. The third-order valence-electron chi connectivity index (χ3n) is 2.66. The van der Waals surface area contributed by atoms with Gasteiger partial charge in [-0.1, -0.05) is 0 Å². The lowest BCUT2D eigenvalue weighted by Crippen LogP contribution is -2.23. The summed E-state index contributed by atoms with van der Waals surface area (Å²) in [4.78, 5) is 20.0. The van der Waals surface area contributed by atoms with E-state index in [-0.39, 0.29) is 11.6 Å². The zero-order valence-corrected chi connectivity index (χ0v) is 10.2. The molecule has 17 heavy (non-hydrogen) atoms. The molecular formula is C13H15N3O. The average molecular weight is 229 g/mol. The highest BCUT2D eigenvalue weighted by Crippen LogP contribution is 2.16. The highest BCUT2D eigenvalue weighted by Gasteiger charge is 2.08. The number of pyridine rings is 1. The molecule has 2 aromatic heterocycles. The van der Waals surface area contributed by atoms with Gasteiger partial charge in [0.1, 0.15) is 6.33 Å². The van der Waals surface area contributed by atoms with Gasteiger partial charge < -0.3 is 4.57 Å². The van der Waals surface area contributed by atoms with Crippen molar-refractivity contribution in [1.29, 1.82) is 0 Å². The van der Waals surface area contributed by atoms with Gasteiger partial charge in [0.15, 0.2) is 0 Å². The molecule has 2 heterocycles. The van der Waals surface area contributed by atoms with Crippen LogP contribution in [0.5, 0.6) is 0 Å². The van der Waals surface area contributed by atoms with Gasteiger partial charge in [0.2, 0.25) is 0 Å². The minimum absolute atomic E-state index is 0.0535. The van der Waals surface area contributed by atoms with E-state index in [0.29, 0.717) is 0 Å². The fourth-order valence-corrected chi connectivity index (χ4v) is 1.73. The van der Waals surface area contributed by atoms with Crippen molar-refractivity contribution in [2.45, 2.75) is 26.8 Å². The molecule has 0 aliphatic carbocycles. The first-order valence-electron chi connectivity index (χ1n) is 5.59. The minimum atomic E-state index is 0.0535. The number of hydrogen-bond donors (Lipinski definition) is 0. The Balaban J connectivity index is 2.62. The molecule has 0 spiro atoms. The van der Waals surface area contributed by atoms with Gasteiger partial charge in [-0.2, -0.15) is 0 Å². The van der Waals surface area contributed by atoms with E-state index in [0.717, 1.165) is 16.8 Å². The molecule has 88 valence electrons. The lowest BCUT2D eigenvalue weighted by molar-refractivity contribution is 0.576. The number of aromatic nitrogens is 3. The molecule has 0 bridgehead atoms. The van der Waals surface area contributed by atoms with E-state index < -0.39 is 0 Å². The topological polar surface area (TPSA) is 47.8 Å². The molecule has 0 unspecified atom stereocenters. The Morgan fingerprint density at radius 2 is 2.12 bits per heavy atom. The van der Waals surface area contributed by atoms with Crippen molar-refractivity contribution in [3.8, 4) is 11.3 Å². The molecule has 0 saturated carbocycles. The Kier molecular flexibility index (Phi) is 3.04. The SMILES string of the molecule is Cc1cc(-c2ccncn2)cn(C(C)C)c1=O. The van der Waals surface area contributed by atoms with Crippen LogP contribution in [0.4, 0.5) is 0 Å². The summed E-state index contributed by atoms with van der Waals surface area (Å²) in [7, 11) is 0. The zero-order valence-electron chi connectivity index (χ0n) is 10.2. The second-order valence-corrected chi connectivity index (χ2v) is 4.31. The highest BCUT2D eigenvalue weighted by atomic mass is 16.1. The molecule has 0 aliphatic rings. The number of nitrogens with zero attached hydrogens (tertiary/aromatic N) is 3. The fourth-order valence-electron chi connectivity index (χ4n) is 1.73. The molecule has 4 heteroatoms.